The molecule has 0 heterocycles. The summed E-state index contributed by atoms with van der Waals surface area (Å²) in [5.74, 6) is 0. The quantitative estimate of drug-likeness (QED) is 0.616. The van der Waals surface area contributed by atoms with Gasteiger partial charge < -0.3 is 0 Å². The van der Waals surface area contributed by atoms with E-state index in [0.29, 0.717) is 4.43 Å². The summed E-state index contributed by atoms with van der Waals surface area (Å²) in [4.78, 5) is 0. The molecular weight excluding hydrogens is 252 g/mol. The molecule has 1 aliphatic rings. The van der Waals surface area contributed by atoms with Gasteiger partial charge in [-0.15, -0.1) is 0 Å². The van der Waals surface area contributed by atoms with Gasteiger partial charge in [0.2, 0.25) is 0 Å². The third-order valence-corrected chi connectivity index (χ3v) is 1.61. The van der Waals surface area contributed by atoms with E-state index >= 15 is 0 Å². The second kappa shape index (κ2) is 1.72. The second-order valence-electron chi connectivity index (χ2n) is 1.18. The van der Waals surface area contributed by atoms with Crippen LogP contribution in [0.2, 0.25) is 4.43 Å². The van der Waals surface area contributed by atoms with E-state index in [1.54, 1.807) is 0 Å². The third-order valence-electron chi connectivity index (χ3n) is 0.684. The van der Waals surface area contributed by atoms with Gasteiger partial charge in [-0.1, -0.05) is 0 Å². The van der Waals surface area contributed by atoms with Crippen molar-refractivity contribution in [1.82, 2.24) is 0 Å². The average Bonchev–Trinajstić information content (AvgIpc) is 1.86. The Kier molecular flexibility index (Phi) is 1.23. The van der Waals surface area contributed by atoms with Gasteiger partial charge in [0.1, 0.15) is 0 Å². The molecule has 0 saturated carbocycles. The molecule has 0 aromatic rings. The summed E-state index contributed by atoms with van der Waals surface area (Å²) in [6.07, 6.45) is 8.48. The van der Waals surface area contributed by atoms with Crippen LogP contribution in [-0.2, 0) is 18.9 Å². The van der Waals surface area contributed by atoms with E-state index in [1.807, 2.05) is 0 Å². The molecule has 0 fully saturated rings. The van der Waals surface area contributed by atoms with Crippen molar-refractivity contribution >= 4 is 0 Å². The Morgan fingerprint density at radius 3 is 1.83 bits per heavy atom. The predicted octanol–water partition coefficient (Wildman–Crippen LogP) is 1.45. The van der Waals surface area contributed by atoms with Crippen LogP contribution in [0.5, 0.6) is 0 Å². The average molecular weight is 257 g/mol. The molecule has 34 valence electrons. The fraction of sp³-hybridized carbons (Fsp3) is 0.200. The van der Waals surface area contributed by atoms with Crippen molar-refractivity contribution in [2.45, 2.75) is 4.43 Å². The van der Waals surface area contributed by atoms with Gasteiger partial charge in [-0.25, -0.2) is 0 Å². The fourth-order valence-electron chi connectivity index (χ4n) is 0.395. The molecule has 1 heteroatoms. The summed E-state index contributed by atoms with van der Waals surface area (Å²) in [6.45, 7) is 0. The first-order valence-corrected chi connectivity index (χ1v) is 3.24. The van der Waals surface area contributed by atoms with Crippen molar-refractivity contribution in [3.63, 3.8) is 0 Å². The van der Waals surface area contributed by atoms with Gasteiger partial charge in [-0.2, -0.15) is 0 Å². The summed E-state index contributed by atoms with van der Waals surface area (Å²) in [6, 6.07) is 0. The van der Waals surface area contributed by atoms with Gasteiger partial charge in [0.25, 0.3) is 0 Å². The van der Waals surface area contributed by atoms with Crippen LogP contribution < -0.4 is 0 Å². The van der Waals surface area contributed by atoms with Crippen molar-refractivity contribution in [2.24, 2.45) is 0 Å². The molecule has 0 unspecified atom stereocenters. The minimum absolute atomic E-state index is 0.685. The van der Waals surface area contributed by atoms with Gasteiger partial charge in [0.15, 0.2) is 0 Å². The number of allylic oxidation sites excluding steroid dienone is 4. The monoisotopic (exact) mass is 258 g/mol. The Hall–Kier alpha value is 0.129. The van der Waals surface area contributed by atoms with Gasteiger partial charge >= 0.3 is 47.6 Å². The molecule has 0 atom stereocenters. The molecule has 0 nitrogen and oxygen atoms in total. The first-order chi connectivity index (χ1) is 2.89. The molecule has 0 aromatic carbocycles. The van der Waals surface area contributed by atoms with Crippen LogP contribution in [0.25, 0.3) is 0 Å². The number of hydrogen-bond donors (Lipinski definition) is 0. The van der Waals surface area contributed by atoms with Gasteiger partial charge in [0, 0.05) is 0 Å². The molecule has 1 rings (SSSR count). The van der Waals surface area contributed by atoms with Gasteiger partial charge in [0.05, 0.1) is 0 Å². The molecule has 0 N–H and O–H groups in total. The van der Waals surface area contributed by atoms with E-state index in [4.69, 9.17) is 0 Å². The fourth-order valence-corrected chi connectivity index (χ4v) is 0.927. The first kappa shape index (κ1) is 4.29. The minimum atomic E-state index is 0.685. The molecule has 0 bridgehead atoms. The maximum absolute atomic E-state index is 2.17. The van der Waals surface area contributed by atoms with Crippen LogP contribution in [0, 0.1) is 0 Å². The molecule has 0 amide bonds. The van der Waals surface area contributed by atoms with E-state index in [1.165, 1.54) is 0 Å². The SMILES string of the molecule is [Ir][CH]1C=CC=C1. The van der Waals surface area contributed by atoms with Crippen molar-refractivity contribution in [3.8, 4) is 0 Å². The van der Waals surface area contributed by atoms with E-state index < -0.39 is 0 Å². The van der Waals surface area contributed by atoms with E-state index in [0.717, 1.165) is 0 Å². The molecule has 0 spiro atoms. The zero-order valence-electron chi connectivity index (χ0n) is 3.22. The van der Waals surface area contributed by atoms with E-state index in [-0.39, 0.29) is 0 Å². The molecule has 0 aliphatic heterocycles. The molecule has 0 saturated heterocycles. The topological polar surface area (TPSA) is 0 Å². The van der Waals surface area contributed by atoms with Gasteiger partial charge in [-0.05, 0) is 0 Å². The summed E-state index contributed by atoms with van der Waals surface area (Å²) < 4.78 is 0.685. The summed E-state index contributed by atoms with van der Waals surface area (Å²) in [5, 5.41) is 0. The second-order valence-corrected chi connectivity index (χ2v) is 2.78. The zero-order valence-corrected chi connectivity index (χ0v) is 5.62. The predicted molar refractivity (Wildman–Crippen MR) is 22.0 cm³/mol. The van der Waals surface area contributed by atoms with Gasteiger partial charge in [-0.3, -0.25) is 0 Å². The first-order valence-electron chi connectivity index (χ1n) is 1.86. The van der Waals surface area contributed by atoms with Crippen LogP contribution in [-0.4, -0.2) is 0 Å². The Morgan fingerprint density at radius 2 is 1.67 bits per heavy atom. The Bertz CT molecular complexity index is 80.1. The van der Waals surface area contributed by atoms with Crippen molar-refractivity contribution in [3.05, 3.63) is 24.3 Å². The zero-order chi connectivity index (χ0) is 4.41. The maximum atomic E-state index is 2.17. The molecule has 6 heavy (non-hydrogen) atoms. The van der Waals surface area contributed by atoms with E-state index in [2.05, 4.69) is 43.2 Å². The summed E-state index contributed by atoms with van der Waals surface area (Å²) in [7, 11) is 0. The van der Waals surface area contributed by atoms with Crippen LogP contribution >= 0.6 is 0 Å². The van der Waals surface area contributed by atoms with Crippen LogP contribution in [0.15, 0.2) is 24.3 Å². The Labute approximate surface area is 48.1 Å². The molecule has 0 aromatic heterocycles. The van der Waals surface area contributed by atoms with Crippen LogP contribution in [0.3, 0.4) is 0 Å². The Morgan fingerprint density at radius 1 is 1.17 bits per heavy atom. The van der Waals surface area contributed by atoms with E-state index in [9.17, 15) is 0 Å². The van der Waals surface area contributed by atoms with Crippen LogP contribution in [0.4, 0.5) is 0 Å². The molecule has 0 radical (unpaired) electrons. The van der Waals surface area contributed by atoms with Crippen molar-refractivity contribution in [2.75, 3.05) is 0 Å². The summed E-state index contributed by atoms with van der Waals surface area (Å²) in [5.41, 5.74) is 0. The Balaban J connectivity index is 2.60. The van der Waals surface area contributed by atoms with Crippen molar-refractivity contribution in [1.29, 1.82) is 0 Å². The molecule has 1 aliphatic carbocycles. The molecular formula is C5H5Ir. The standard InChI is InChI=1S/C5H5.Ir/c1-2-4-5-3-1;/h1-5H;. The van der Waals surface area contributed by atoms with Crippen LogP contribution in [0.1, 0.15) is 0 Å². The number of hydrogen-bond acceptors (Lipinski definition) is 0. The number of rotatable bonds is 0. The third kappa shape index (κ3) is 0.796. The normalized spacial score (nSPS) is 20.3. The van der Waals surface area contributed by atoms with Crippen molar-refractivity contribution < 1.29 is 18.9 Å². The summed E-state index contributed by atoms with van der Waals surface area (Å²) >= 11 is 2.17.